The number of nitrogens with zero attached hydrogens (tertiary/aromatic N) is 1. The Morgan fingerprint density at radius 2 is 1.75 bits per heavy atom. The van der Waals surface area contributed by atoms with Crippen LogP contribution in [0.3, 0.4) is 0 Å². The first kappa shape index (κ1) is 15.8. The average molecular weight is 323 g/mol. The number of rotatable bonds is 5. The van der Waals surface area contributed by atoms with Crippen LogP contribution in [-0.4, -0.2) is 12.0 Å². The lowest BCUT2D eigenvalue weighted by Crippen LogP contribution is -1.94. The van der Waals surface area contributed by atoms with Gasteiger partial charge in [0.15, 0.2) is 0 Å². The van der Waals surface area contributed by atoms with Crippen molar-refractivity contribution in [2.24, 2.45) is 0 Å². The topological polar surface area (TPSA) is 65.5 Å². The highest BCUT2D eigenvalue weighted by molar-refractivity contribution is 5.65. The second kappa shape index (κ2) is 6.58. The standard InChI is InChI=1S/C19H17NO4/c1-13-17(12-14-8-10-16(11-9-14)20(21)22)19(23-2)24-18(13)15-6-4-3-5-7-15/h3-11H,12H2,1-2H3. The van der Waals surface area contributed by atoms with E-state index < -0.39 is 4.92 Å². The number of benzene rings is 2. The molecule has 24 heavy (non-hydrogen) atoms. The van der Waals surface area contributed by atoms with E-state index in [9.17, 15) is 10.1 Å². The molecule has 0 aliphatic rings. The number of furan rings is 1. The predicted molar refractivity (Wildman–Crippen MR) is 91.3 cm³/mol. The molecule has 0 aliphatic carbocycles. The van der Waals surface area contributed by atoms with Gasteiger partial charge in [-0.1, -0.05) is 42.5 Å². The Morgan fingerprint density at radius 3 is 2.33 bits per heavy atom. The summed E-state index contributed by atoms with van der Waals surface area (Å²) in [7, 11) is 1.58. The fourth-order valence-electron chi connectivity index (χ4n) is 2.70. The van der Waals surface area contributed by atoms with E-state index in [0.717, 1.165) is 28.0 Å². The molecule has 1 aromatic heterocycles. The van der Waals surface area contributed by atoms with Crippen molar-refractivity contribution in [1.29, 1.82) is 0 Å². The average Bonchev–Trinajstić information content (AvgIpc) is 2.92. The molecule has 0 saturated carbocycles. The Bertz CT molecular complexity index is 851. The maximum absolute atomic E-state index is 10.8. The maximum Gasteiger partial charge on any atom is 0.288 e. The van der Waals surface area contributed by atoms with Gasteiger partial charge >= 0.3 is 0 Å². The van der Waals surface area contributed by atoms with Crippen LogP contribution in [0.2, 0.25) is 0 Å². The Kier molecular flexibility index (Phi) is 4.33. The summed E-state index contributed by atoms with van der Waals surface area (Å²) in [6, 6.07) is 16.4. The number of methoxy groups -OCH3 is 1. The molecule has 122 valence electrons. The van der Waals surface area contributed by atoms with Crippen molar-refractivity contribution in [3.8, 4) is 17.3 Å². The smallest absolute Gasteiger partial charge is 0.288 e. The van der Waals surface area contributed by atoms with Crippen molar-refractivity contribution < 1.29 is 14.1 Å². The predicted octanol–water partition coefficient (Wildman–Crippen LogP) is 4.76. The molecular formula is C19H17NO4. The number of non-ortho nitro benzene ring substituents is 1. The summed E-state index contributed by atoms with van der Waals surface area (Å²) >= 11 is 0. The summed E-state index contributed by atoms with van der Waals surface area (Å²) in [6.45, 7) is 2.00. The summed E-state index contributed by atoms with van der Waals surface area (Å²) in [6.07, 6.45) is 0.587. The number of hydrogen-bond donors (Lipinski definition) is 0. The lowest BCUT2D eigenvalue weighted by Gasteiger charge is -2.03. The molecule has 0 bridgehead atoms. The van der Waals surface area contributed by atoms with Crippen molar-refractivity contribution in [1.82, 2.24) is 0 Å². The van der Waals surface area contributed by atoms with Crippen LogP contribution in [-0.2, 0) is 6.42 Å². The lowest BCUT2D eigenvalue weighted by molar-refractivity contribution is -0.384. The van der Waals surface area contributed by atoms with Gasteiger partial charge in [-0.25, -0.2) is 0 Å². The van der Waals surface area contributed by atoms with Crippen LogP contribution in [0.25, 0.3) is 11.3 Å². The van der Waals surface area contributed by atoms with E-state index >= 15 is 0 Å². The summed E-state index contributed by atoms with van der Waals surface area (Å²) < 4.78 is 11.3. The Labute approximate surface area is 139 Å². The minimum atomic E-state index is -0.402. The zero-order valence-electron chi connectivity index (χ0n) is 13.5. The van der Waals surface area contributed by atoms with Crippen LogP contribution in [0.5, 0.6) is 5.95 Å². The van der Waals surface area contributed by atoms with Gasteiger partial charge < -0.3 is 9.15 Å². The summed E-state index contributed by atoms with van der Waals surface area (Å²) in [5.41, 5.74) is 3.99. The highest BCUT2D eigenvalue weighted by Gasteiger charge is 2.19. The van der Waals surface area contributed by atoms with Gasteiger partial charge in [0.1, 0.15) is 5.76 Å². The highest BCUT2D eigenvalue weighted by atomic mass is 16.6. The van der Waals surface area contributed by atoms with E-state index in [4.69, 9.17) is 9.15 Å². The van der Waals surface area contributed by atoms with E-state index in [1.807, 2.05) is 37.3 Å². The highest BCUT2D eigenvalue weighted by Crippen LogP contribution is 2.36. The molecule has 0 aliphatic heterocycles. The molecule has 2 aromatic carbocycles. The number of hydrogen-bond acceptors (Lipinski definition) is 4. The van der Waals surface area contributed by atoms with Crippen molar-refractivity contribution in [2.75, 3.05) is 7.11 Å². The summed E-state index contributed by atoms with van der Waals surface area (Å²) in [5.74, 6) is 1.26. The molecule has 0 atom stereocenters. The molecule has 0 spiro atoms. The van der Waals surface area contributed by atoms with E-state index in [0.29, 0.717) is 12.4 Å². The molecule has 5 nitrogen and oxygen atoms in total. The molecule has 5 heteroatoms. The second-order valence-corrected chi connectivity index (χ2v) is 5.49. The molecule has 3 rings (SSSR count). The van der Waals surface area contributed by atoms with Gasteiger partial charge in [0.2, 0.25) is 0 Å². The van der Waals surface area contributed by atoms with Crippen LogP contribution in [0.1, 0.15) is 16.7 Å². The van der Waals surface area contributed by atoms with E-state index in [2.05, 4.69) is 0 Å². The molecule has 1 heterocycles. The fraction of sp³-hybridized carbons (Fsp3) is 0.158. The minimum absolute atomic E-state index is 0.0830. The monoisotopic (exact) mass is 323 g/mol. The molecular weight excluding hydrogens is 306 g/mol. The Balaban J connectivity index is 1.95. The third-order valence-electron chi connectivity index (χ3n) is 3.98. The number of nitro groups is 1. The van der Waals surface area contributed by atoms with Gasteiger partial charge in [-0.2, -0.15) is 0 Å². The minimum Gasteiger partial charge on any atom is -0.468 e. The first-order valence-electron chi connectivity index (χ1n) is 7.55. The molecule has 0 unspecified atom stereocenters. The SMILES string of the molecule is COc1oc(-c2ccccc2)c(C)c1Cc1ccc([N+](=O)[O-])cc1. The third kappa shape index (κ3) is 3.01. The van der Waals surface area contributed by atoms with Gasteiger partial charge in [-0.05, 0) is 12.5 Å². The van der Waals surface area contributed by atoms with Gasteiger partial charge in [-0.15, -0.1) is 0 Å². The Hall–Kier alpha value is -3.08. The molecule has 0 radical (unpaired) electrons. The van der Waals surface area contributed by atoms with Crippen LogP contribution < -0.4 is 4.74 Å². The molecule has 3 aromatic rings. The van der Waals surface area contributed by atoms with Gasteiger partial charge in [0, 0.05) is 35.2 Å². The van der Waals surface area contributed by atoms with E-state index in [1.165, 1.54) is 12.1 Å². The Morgan fingerprint density at radius 1 is 1.08 bits per heavy atom. The van der Waals surface area contributed by atoms with Gasteiger partial charge in [0.25, 0.3) is 11.6 Å². The van der Waals surface area contributed by atoms with E-state index in [-0.39, 0.29) is 5.69 Å². The first-order valence-corrected chi connectivity index (χ1v) is 7.55. The van der Waals surface area contributed by atoms with Gasteiger partial charge in [-0.3, -0.25) is 10.1 Å². The zero-order valence-corrected chi connectivity index (χ0v) is 13.5. The largest absolute Gasteiger partial charge is 0.468 e. The summed E-state index contributed by atoms with van der Waals surface area (Å²) in [5, 5.41) is 10.8. The quantitative estimate of drug-likeness (QED) is 0.501. The number of nitro benzene ring substituents is 1. The first-order chi connectivity index (χ1) is 11.6. The van der Waals surface area contributed by atoms with Gasteiger partial charge in [0.05, 0.1) is 12.0 Å². The van der Waals surface area contributed by atoms with Crippen LogP contribution in [0.4, 0.5) is 5.69 Å². The molecule has 0 amide bonds. The lowest BCUT2D eigenvalue weighted by atomic mass is 10.0. The third-order valence-corrected chi connectivity index (χ3v) is 3.98. The van der Waals surface area contributed by atoms with Crippen molar-refractivity contribution in [3.63, 3.8) is 0 Å². The van der Waals surface area contributed by atoms with Crippen molar-refractivity contribution in [3.05, 3.63) is 81.4 Å². The molecule has 0 fully saturated rings. The fourth-order valence-corrected chi connectivity index (χ4v) is 2.70. The zero-order chi connectivity index (χ0) is 17.1. The van der Waals surface area contributed by atoms with Crippen molar-refractivity contribution in [2.45, 2.75) is 13.3 Å². The van der Waals surface area contributed by atoms with Crippen molar-refractivity contribution >= 4 is 5.69 Å². The number of ether oxygens (including phenoxy) is 1. The van der Waals surface area contributed by atoms with Crippen LogP contribution in [0, 0.1) is 17.0 Å². The molecule has 0 saturated heterocycles. The summed E-state index contributed by atoms with van der Waals surface area (Å²) in [4.78, 5) is 10.4. The normalized spacial score (nSPS) is 10.6. The second-order valence-electron chi connectivity index (χ2n) is 5.49. The molecule has 0 N–H and O–H groups in total. The maximum atomic E-state index is 10.8. The van der Waals surface area contributed by atoms with E-state index in [1.54, 1.807) is 19.2 Å². The van der Waals surface area contributed by atoms with Crippen LogP contribution in [0.15, 0.2) is 59.0 Å². The van der Waals surface area contributed by atoms with Crippen LogP contribution >= 0.6 is 0 Å².